The van der Waals surface area contributed by atoms with Gasteiger partial charge in [0.2, 0.25) is 0 Å². The molecule has 1 N–H and O–H groups in total. The molecule has 2 aromatic carbocycles. The summed E-state index contributed by atoms with van der Waals surface area (Å²) in [6.45, 7) is 3.91. The lowest BCUT2D eigenvalue weighted by Crippen LogP contribution is -2.12. The van der Waals surface area contributed by atoms with Crippen molar-refractivity contribution in [1.82, 2.24) is 4.98 Å². The topological polar surface area (TPSA) is 94.4 Å². The van der Waals surface area contributed by atoms with E-state index in [2.05, 4.69) is 10.3 Å². The second-order valence-electron chi connectivity index (χ2n) is 6.10. The molecule has 144 valence electrons. The molecule has 0 saturated heterocycles. The fourth-order valence-electron chi connectivity index (χ4n) is 2.41. The molecule has 0 saturated carbocycles. The molecule has 0 aliphatic carbocycles. The van der Waals surface area contributed by atoms with E-state index in [-0.39, 0.29) is 22.4 Å². The van der Waals surface area contributed by atoms with Crippen molar-refractivity contribution in [2.75, 3.05) is 5.32 Å². The molecule has 0 unspecified atom stereocenters. The number of carbonyl (C=O) groups excluding carboxylic acids is 1. The molecular weight excluding hydrogens is 402 g/mol. The number of thiazole rings is 1. The molecule has 3 aromatic rings. The SMILES string of the molecule is CC(C)Oc1ccc(-c2csc(NC(=O)c3cc([N+](=O)[O-])ccc3Cl)n2)cc1. The third-order valence-corrected chi connectivity index (χ3v) is 4.74. The highest BCUT2D eigenvalue weighted by Crippen LogP contribution is 2.28. The highest BCUT2D eigenvalue weighted by atomic mass is 35.5. The van der Waals surface area contributed by atoms with Gasteiger partial charge in [-0.25, -0.2) is 4.98 Å². The Labute approximate surface area is 170 Å². The first-order valence-corrected chi connectivity index (χ1v) is 9.57. The molecule has 0 aliphatic rings. The van der Waals surface area contributed by atoms with Crippen molar-refractivity contribution in [3.63, 3.8) is 0 Å². The van der Waals surface area contributed by atoms with Crippen LogP contribution in [0.1, 0.15) is 24.2 Å². The minimum atomic E-state index is -0.582. The van der Waals surface area contributed by atoms with Crippen LogP contribution in [0.5, 0.6) is 5.75 Å². The smallest absolute Gasteiger partial charge is 0.270 e. The molecule has 1 heterocycles. The number of anilines is 1. The van der Waals surface area contributed by atoms with E-state index in [0.29, 0.717) is 10.8 Å². The first-order valence-electron chi connectivity index (χ1n) is 8.31. The Morgan fingerprint density at radius 2 is 1.96 bits per heavy atom. The van der Waals surface area contributed by atoms with Gasteiger partial charge in [-0.15, -0.1) is 11.3 Å². The van der Waals surface area contributed by atoms with Crippen LogP contribution in [0.3, 0.4) is 0 Å². The van der Waals surface area contributed by atoms with Gasteiger partial charge in [0.1, 0.15) is 5.75 Å². The van der Waals surface area contributed by atoms with Crippen molar-refractivity contribution in [1.29, 1.82) is 0 Å². The van der Waals surface area contributed by atoms with Gasteiger partial charge >= 0.3 is 0 Å². The van der Waals surface area contributed by atoms with Crippen molar-refractivity contribution >= 4 is 39.7 Å². The largest absolute Gasteiger partial charge is 0.491 e. The average Bonchev–Trinajstić information content (AvgIpc) is 3.10. The van der Waals surface area contributed by atoms with Gasteiger partial charge in [0.25, 0.3) is 11.6 Å². The number of amides is 1. The van der Waals surface area contributed by atoms with E-state index in [9.17, 15) is 14.9 Å². The summed E-state index contributed by atoms with van der Waals surface area (Å²) in [5, 5.41) is 15.8. The number of aromatic nitrogens is 1. The Morgan fingerprint density at radius 1 is 1.25 bits per heavy atom. The van der Waals surface area contributed by atoms with E-state index >= 15 is 0 Å². The first kappa shape index (κ1) is 19.8. The minimum Gasteiger partial charge on any atom is -0.491 e. The van der Waals surface area contributed by atoms with Crippen LogP contribution in [0.25, 0.3) is 11.3 Å². The van der Waals surface area contributed by atoms with Crippen LogP contribution >= 0.6 is 22.9 Å². The maximum atomic E-state index is 12.4. The second-order valence-corrected chi connectivity index (χ2v) is 7.37. The highest BCUT2D eigenvalue weighted by molar-refractivity contribution is 7.14. The average molecular weight is 418 g/mol. The summed E-state index contributed by atoms with van der Waals surface area (Å²) >= 11 is 7.25. The molecule has 1 aromatic heterocycles. The van der Waals surface area contributed by atoms with Crippen molar-refractivity contribution < 1.29 is 14.5 Å². The number of nitrogens with one attached hydrogen (secondary N) is 1. The Morgan fingerprint density at radius 3 is 2.61 bits per heavy atom. The molecule has 0 aliphatic heterocycles. The first-order chi connectivity index (χ1) is 13.3. The zero-order chi connectivity index (χ0) is 20.3. The fraction of sp³-hybridized carbons (Fsp3) is 0.158. The lowest BCUT2D eigenvalue weighted by molar-refractivity contribution is -0.384. The number of carbonyl (C=O) groups is 1. The molecule has 3 rings (SSSR count). The van der Waals surface area contributed by atoms with Crippen molar-refractivity contribution in [3.8, 4) is 17.0 Å². The molecule has 1 amide bonds. The lowest BCUT2D eigenvalue weighted by atomic mass is 10.2. The number of nitrogens with zero attached hydrogens (tertiary/aromatic N) is 2. The standard InChI is InChI=1S/C19H16ClN3O4S/c1-11(2)27-14-6-3-12(4-7-14)17-10-28-19(21-17)22-18(24)15-9-13(23(25)26)5-8-16(15)20/h3-11H,1-2H3,(H,21,22,24). The van der Waals surface area contributed by atoms with Gasteiger partial charge in [0.05, 0.1) is 27.3 Å². The summed E-state index contributed by atoms with van der Waals surface area (Å²) in [6.07, 6.45) is 0.0903. The van der Waals surface area contributed by atoms with E-state index in [1.807, 2.05) is 43.5 Å². The van der Waals surface area contributed by atoms with Crippen LogP contribution in [-0.2, 0) is 0 Å². The van der Waals surface area contributed by atoms with Gasteiger partial charge in [0.15, 0.2) is 5.13 Å². The minimum absolute atomic E-state index is 0.0165. The van der Waals surface area contributed by atoms with Gasteiger partial charge in [-0.05, 0) is 44.2 Å². The van der Waals surface area contributed by atoms with Crippen LogP contribution in [0.4, 0.5) is 10.8 Å². The zero-order valence-corrected chi connectivity index (χ0v) is 16.6. The number of non-ortho nitro benzene ring substituents is 1. The molecule has 0 fully saturated rings. The predicted molar refractivity (Wildman–Crippen MR) is 109 cm³/mol. The van der Waals surface area contributed by atoms with Crippen molar-refractivity contribution in [3.05, 3.63) is 68.5 Å². The molecule has 0 bridgehead atoms. The summed E-state index contributed by atoms with van der Waals surface area (Å²) in [7, 11) is 0. The van der Waals surface area contributed by atoms with Gasteiger partial charge in [0, 0.05) is 23.1 Å². The van der Waals surface area contributed by atoms with E-state index in [1.165, 1.54) is 23.5 Å². The van der Waals surface area contributed by atoms with E-state index in [4.69, 9.17) is 16.3 Å². The summed E-state index contributed by atoms with van der Waals surface area (Å²) in [5.41, 5.74) is 1.38. The van der Waals surface area contributed by atoms with E-state index < -0.39 is 10.8 Å². The second kappa shape index (κ2) is 8.37. The van der Waals surface area contributed by atoms with Crippen LogP contribution in [0, 0.1) is 10.1 Å². The molecule has 9 heteroatoms. The predicted octanol–water partition coefficient (Wildman–Crippen LogP) is 5.41. The number of benzene rings is 2. The Kier molecular flexibility index (Phi) is 5.91. The van der Waals surface area contributed by atoms with Gasteiger partial charge in [-0.1, -0.05) is 11.6 Å². The number of nitro benzene ring substituents is 1. The normalized spacial score (nSPS) is 10.7. The van der Waals surface area contributed by atoms with Gasteiger partial charge < -0.3 is 4.74 Å². The van der Waals surface area contributed by atoms with Crippen LogP contribution in [0.15, 0.2) is 47.8 Å². The zero-order valence-electron chi connectivity index (χ0n) is 15.0. The number of rotatable bonds is 6. The quantitative estimate of drug-likeness (QED) is 0.427. The number of hydrogen-bond acceptors (Lipinski definition) is 6. The van der Waals surface area contributed by atoms with Crippen LogP contribution in [-0.4, -0.2) is 21.9 Å². The maximum absolute atomic E-state index is 12.4. The third-order valence-electron chi connectivity index (χ3n) is 3.65. The van der Waals surface area contributed by atoms with E-state index in [0.717, 1.165) is 17.4 Å². The number of ether oxygens (including phenoxy) is 1. The maximum Gasteiger partial charge on any atom is 0.270 e. The molecule has 0 radical (unpaired) electrons. The number of hydrogen-bond donors (Lipinski definition) is 1. The lowest BCUT2D eigenvalue weighted by Gasteiger charge is -2.09. The van der Waals surface area contributed by atoms with Crippen LogP contribution in [0.2, 0.25) is 5.02 Å². The Bertz CT molecular complexity index is 1020. The number of halogens is 1. The Balaban J connectivity index is 1.75. The molecule has 7 nitrogen and oxygen atoms in total. The fourth-order valence-corrected chi connectivity index (χ4v) is 3.32. The third kappa shape index (κ3) is 4.65. The van der Waals surface area contributed by atoms with E-state index in [1.54, 1.807) is 0 Å². The van der Waals surface area contributed by atoms with Crippen molar-refractivity contribution in [2.45, 2.75) is 20.0 Å². The Hall–Kier alpha value is -2.97. The summed E-state index contributed by atoms with van der Waals surface area (Å²) in [4.78, 5) is 27.1. The monoisotopic (exact) mass is 417 g/mol. The molecular formula is C19H16ClN3O4S. The number of nitro groups is 1. The van der Waals surface area contributed by atoms with Gasteiger partial charge in [-0.2, -0.15) is 0 Å². The summed E-state index contributed by atoms with van der Waals surface area (Å²) < 4.78 is 5.61. The molecule has 0 atom stereocenters. The van der Waals surface area contributed by atoms with Gasteiger partial charge in [-0.3, -0.25) is 20.2 Å². The van der Waals surface area contributed by atoms with Crippen LogP contribution < -0.4 is 10.1 Å². The molecule has 28 heavy (non-hydrogen) atoms. The van der Waals surface area contributed by atoms with Crippen molar-refractivity contribution in [2.24, 2.45) is 0 Å². The summed E-state index contributed by atoms with van der Waals surface area (Å²) in [5.74, 6) is 0.207. The molecule has 0 spiro atoms. The summed E-state index contributed by atoms with van der Waals surface area (Å²) in [6, 6.07) is 11.2. The highest BCUT2D eigenvalue weighted by Gasteiger charge is 2.17.